The van der Waals surface area contributed by atoms with Gasteiger partial charge in [0.1, 0.15) is 12.2 Å². The second-order valence-electron chi connectivity index (χ2n) is 7.41. The predicted molar refractivity (Wildman–Crippen MR) is 108 cm³/mol. The van der Waals surface area contributed by atoms with Crippen LogP contribution in [0.5, 0.6) is 0 Å². The first-order chi connectivity index (χ1) is 14.0. The van der Waals surface area contributed by atoms with Crippen LogP contribution in [0, 0.1) is 0 Å². The van der Waals surface area contributed by atoms with E-state index in [0.29, 0.717) is 16.2 Å². The molecule has 0 aliphatic carbocycles. The largest absolute Gasteiger partial charge is 0.461 e. The van der Waals surface area contributed by atoms with Crippen molar-refractivity contribution in [2.75, 3.05) is 0 Å². The maximum Gasteiger partial charge on any atom is 0.435 e. The van der Waals surface area contributed by atoms with Gasteiger partial charge in [-0.15, -0.1) is 4.28 Å². The lowest BCUT2D eigenvalue weighted by Crippen LogP contribution is -2.38. The molecule has 8 nitrogen and oxygen atoms in total. The van der Waals surface area contributed by atoms with Crippen LogP contribution in [-0.4, -0.2) is 31.1 Å². The molecule has 30 heavy (non-hydrogen) atoms. The van der Waals surface area contributed by atoms with Crippen molar-refractivity contribution in [1.29, 1.82) is 0 Å². The van der Waals surface area contributed by atoms with E-state index in [1.165, 1.54) is 19.1 Å². The number of benzene rings is 2. The molecular formula is C21H25NO7S. The number of ether oxygens (including phenoxy) is 2. The zero-order valence-electron chi connectivity index (χ0n) is 17.3. The Kier molecular flexibility index (Phi) is 7.58. The molecule has 0 N–H and O–H groups in total. The van der Waals surface area contributed by atoms with E-state index in [1.54, 1.807) is 63.2 Å². The van der Waals surface area contributed by atoms with Gasteiger partial charge >= 0.3 is 22.2 Å². The highest BCUT2D eigenvalue weighted by Gasteiger charge is 2.29. The lowest BCUT2D eigenvalue weighted by molar-refractivity contribution is -0.142. The Morgan fingerprint density at radius 1 is 0.933 bits per heavy atom. The van der Waals surface area contributed by atoms with Crippen LogP contribution < -0.4 is 0 Å². The molecule has 0 aliphatic rings. The summed E-state index contributed by atoms with van der Waals surface area (Å²) in [6, 6.07) is 14.3. The summed E-state index contributed by atoms with van der Waals surface area (Å²) >= 11 is 0. The number of rotatable bonds is 7. The topological polar surface area (TPSA) is 99.2 Å². The molecule has 0 heterocycles. The summed E-state index contributed by atoms with van der Waals surface area (Å²) in [5, 5.41) is 0.639. The first kappa shape index (κ1) is 23.4. The van der Waals surface area contributed by atoms with Gasteiger partial charge in [0.25, 0.3) is 0 Å². The molecule has 0 radical (unpaired) electrons. The van der Waals surface area contributed by atoms with E-state index >= 15 is 0 Å². The third-order valence-corrected chi connectivity index (χ3v) is 4.91. The average Bonchev–Trinajstić information content (AvgIpc) is 2.66. The van der Waals surface area contributed by atoms with Gasteiger partial charge in [-0.2, -0.15) is 13.5 Å². The fourth-order valence-electron chi connectivity index (χ4n) is 2.37. The molecule has 2 aromatic rings. The molecule has 0 unspecified atom stereocenters. The standard InChI is InChI=1S/C21H25NO7S/c1-16(23)27-15-18-11-9-8-10-17(18)14-22(20(24)28-21(2,3)4)29-30(25,26)19-12-6-5-7-13-19/h5-13H,14-15H2,1-4H3. The normalized spacial score (nSPS) is 11.6. The van der Waals surface area contributed by atoms with E-state index < -0.39 is 27.8 Å². The lowest BCUT2D eigenvalue weighted by atomic mass is 10.1. The number of hydrogen-bond donors (Lipinski definition) is 0. The van der Waals surface area contributed by atoms with Gasteiger partial charge in [0.2, 0.25) is 0 Å². The van der Waals surface area contributed by atoms with Crippen molar-refractivity contribution in [3.8, 4) is 0 Å². The highest BCUT2D eigenvalue weighted by atomic mass is 32.2. The zero-order valence-corrected chi connectivity index (χ0v) is 18.1. The smallest absolute Gasteiger partial charge is 0.435 e. The van der Waals surface area contributed by atoms with E-state index in [0.717, 1.165) is 0 Å². The Labute approximate surface area is 176 Å². The minimum absolute atomic E-state index is 0.0287. The van der Waals surface area contributed by atoms with Gasteiger partial charge in [0.05, 0.1) is 11.4 Å². The van der Waals surface area contributed by atoms with Crippen molar-refractivity contribution in [3.05, 3.63) is 65.7 Å². The third-order valence-electron chi connectivity index (χ3n) is 3.68. The van der Waals surface area contributed by atoms with E-state index in [-0.39, 0.29) is 18.0 Å². The minimum atomic E-state index is -4.28. The predicted octanol–water partition coefficient (Wildman–Crippen LogP) is 3.81. The van der Waals surface area contributed by atoms with E-state index in [4.69, 9.17) is 13.8 Å². The van der Waals surface area contributed by atoms with Crippen LogP contribution in [0.1, 0.15) is 38.8 Å². The van der Waals surface area contributed by atoms with Crippen LogP contribution in [0.25, 0.3) is 0 Å². The monoisotopic (exact) mass is 435 g/mol. The van der Waals surface area contributed by atoms with Crippen LogP contribution in [-0.2, 0) is 41.8 Å². The minimum Gasteiger partial charge on any atom is -0.461 e. The number of esters is 1. The molecule has 2 aromatic carbocycles. The molecule has 0 aromatic heterocycles. The Morgan fingerprint density at radius 2 is 1.50 bits per heavy atom. The second-order valence-corrected chi connectivity index (χ2v) is 8.94. The number of hydrogen-bond acceptors (Lipinski definition) is 7. The number of carbonyl (C=O) groups excluding carboxylic acids is 2. The van der Waals surface area contributed by atoms with Crippen LogP contribution in [0.15, 0.2) is 59.5 Å². The van der Waals surface area contributed by atoms with Gasteiger partial charge in [0.15, 0.2) is 0 Å². The molecule has 0 aliphatic heterocycles. The number of nitrogens with zero attached hydrogens (tertiary/aromatic N) is 1. The Morgan fingerprint density at radius 3 is 2.07 bits per heavy atom. The summed E-state index contributed by atoms with van der Waals surface area (Å²) in [7, 11) is -4.28. The van der Waals surface area contributed by atoms with Gasteiger partial charge < -0.3 is 9.47 Å². The number of hydroxylamine groups is 2. The van der Waals surface area contributed by atoms with Gasteiger partial charge in [-0.05, 0) is 44.0 Å². The first-order valence-corrected chi connectivity index (χ1v) is 10.6. The number of amides is 1. The van der Waals surface area contributed by atoms with Crippen molar-refractivity contribution >= 4 is 22.2 Å². The summed E-state index contributed by atoms with van der Waals surface area (Å²) in [6.07, 6.45) is -0.968. The second kappa shape index (κ2) is 9.73. The Bertz CT molecular complexity index is 982. The molecule has 0 saturated carbocycles. The Balaban J connectivity index is 2.33. The van der Waals surface area contributed by atoms with Gasteiger partial charge in [0, 0.05) is 6.92 Å². The highest BCUT2D eigenvalue weighted by Crippen LogP contribution is 2.20. The molecule has 0 spiro atoms. The average molecular weight is 435 g/mol. The Hall–Kier alpha value is -2.91. The van der Waals surface area contributed by atoms with Gasteiger partial charge in [-0.3, -0.25) is 4.79 Å². The van der Waals surface area contributed by atoms with Crippen molar-refractivity contribution in [3.63, 3.8) is 0 Å². The third kappa shape index (κ3) is 7.16. The summed E-state index contributed by atoms with van der Waals surface area (Å²) in [5.74, 6) is -0.461. The molecular weight excluding hydrogens is 410 g/mol. The molecule has 0 atom stereocenters. The molecule has 162 valence electrons. The molecule has 0 fully saturated rings. The van der Waals surface area contributed by atoms with E-state index in [9.17, 15) is 18.0 Å². The summed E-state index contributed by atoms with van der Waals surface area (Å²) in [6.45, 7) is 5.99. The van der Waals surface area contributed by atoms with Crippen molar-refractivity contribution < 1.29 is 31.8 Å². The van der Waals surface area contributed by atoms with Crippen LogP contribution in [0.2, 0.25) is 0 Å². The maximum atomic E-state index is 12.7. The van der Waals surface area contributed by atoms with Crippen LogP contribution in [0.3, 0.4) is 0 Å². The fraction of sp³-hybridized carbons (Fsp3) is 0.333. The molecule has 9 heteroatoms. The SMILES string of the molecule is CC(=O)OCc1ccccc1CN(OS(=O)(=O)c1ccccc1)C(=O)OC(C)(C)C. The number of carbonyl (C=O) groups is 2. The summed E-state index contributed by atoms with van der Waals surface area (Å²) in [5.41, 5.74) is 0.266. The summed E-state index contributed by atoms with van der Waals surface area (Å²) in [4.78, 5) is 23.7. The van der Waals surface area contributed by atoms with Crippen LogP contribution >= 0.6 is 0 Å². The fourth-order valence-corrected chi connectivity index (χ4v) is 3.30. The molecule has 0 saturated heterocycles. The zero-order chi connectivity index (χ0) is 22.4. The van der Waals surface area contributed by atoms with Crippen molar-refractivity contribution in [2.24, 2.45) is 0 Å². The molecule has 0 bridgehead atoms. The van der Waals surface area contributed by atoms with Crippen LogP contribution in [0.4, 0.5) is 4.79 Å². The first-order valence-electron chi connectivity index (χ1n) is 9.18. The maximum absolute atomic E-state index is 12.7. The molecule has 2 rings (SSSR count). The van der Waals surface area contributed by atoms with E-state index in [2.05, 4.69) is 0 Å². The van der Waals surface area contributed by atoms with Crippen molar-refractivity contribution in [1.82, 2.24) is 5.06 Å². The van der Waals surface area contributed by atoms with Gasteiger partial charge in [-0.25, -0.2) is 4.79 Å². The quantitative estimate of drug-likeness (QED) is 0.482. The highest BCUT2D eigenvalue weighted by molar-refractivity contribution is 7.86. The lowest BCUT2D eigenvalue weighted by Gasteiger charge is -2.26. The van der Waals surface area contributed by atoms with Gasteiger partial charge in [-0.1, -0.05) is 42.5 Å². The van der Waals surface area contributed by atoms with E-state index in [1.807, 2.05) is 0 Å². The van der Waals surface area contributed by atoms with Crippen molar-refractivity contribution in [2.45, 2.75) is 51.3 Å². The summed E-state index contributed by atoms with van der Waals surface area (Å²) < 4.78 is 40.8. The molecule has 1 amide bonds.